The Morgan fingerprint density at radius 3 is 2.36 bits per heavy atom. The molecule has 3 rings (SSSR count). The van der Waals surface area contributed by atoms with E-state index in [-0.39, 0.29) is 30.1 Å². The second-order valence-corrected chi connectivity index (χ2v) is 13.6. The van der Waals surface area contributed by atoms with Gasteiger partial charge in [-0.25, -0.2) is 0 Å². The molecule has 0 aliphatic heterocycles. The molecular formula is C37H59N2O6-. The van der Waals surface area contributed by atoms with Gasteiger partial charge in [0.2, 0.25) is 0 Å². The summed E-state index contributed by atoms with van der Waals surface area (Å²) < 4.78 is 0. The van der Waals surface area contributed by atoms with Crippen LogP contribution in [0, 0.1) is 17.8 Å². The molecule has 2 aromatic rings. The average Bonchev–Trinajstić information content (AvgIpc) is 3.63. The van der Waals surface area contributed by atoms with Crippen molar-refractivity contribution in [3.63, 3.8) is 0 Å². The zero-order valence-electron chi connectivity index (χ0n) is 27.7. The zero-order valence-corrected chi connectivity index (χ0v) is 27.7. The molecule has 1 saturated carbocycles. The van der Waals surface area contributed by atoms with Gasteiger partial charge in [0.25, 0.3) is 0 Å². The van der Waals surface area contributed by atoms with Gasteiger partial charge < -0.3 is 35.8 Å². The first kappa shape index (κ1) is 37.1. The van der Waals surface area contributed by atoms with E-state index < -0.39 is 23.6 Å². The van der Waals surface area contributed by atoms with Crippen LogP contribution in [0.3, 0.4) is 0 Å². The third kappa shape index (κ3) is 11.7. The highest BCUT2D eigenvalue weighted by Gasteiger charge is 2.48. The van der Waals surface area contributed by atoms with Crippen LogP contribution in [-0.2, 0) is 11.2 Å². The molecule has 6 unspecified atom stereocenters. The topological polar surface area (TPSA) is 149 Å². The lowest BCUT2D eigenvalue weighted by Crippen LogP contribution is -2.48. The van der Waals surface area contributed by atoms with Crippen molar-refractivity contribution in [1.82, 2.24) is 10.3 Å². The van der Waals surface area contributed by atoms with Gasteiger partial charge in [-0.1, -0.05) is 95.4 Å². The van der Waals surface area contributed by atoms with Crippen molar-refractivity contribution in [2.24, 2.45) is 17.8 Å². The van der Waals surface area contributed by atoms with Crippen molar-refractivity contribution in [3.05, 3.63) is 42.1 Å². The number of carboxylic acids is 1. The Hall–Kier alpha value is -2.39. The van der Waals surface area contributed by atoms with Crippen molar-refractivity contribution in [1.29, 1.82) is 0 Å². The number of carbonyl (C=O) groups is 1. The summed E-state index contributed by atoms with van der Waals surface area (Å²) in [5, 5.41) is 58.5. The second-order valence-electron chi connectivity index (χ2n) is 13.6. The molecule has 1 aliphatic rings. The van der Waals surface area contributed by atoms with E-state index >= 15 is 0 Å². The quantitative estimate of drug-likeness (QED) is 0.0806. The largest absolute Gasteiger partial charge is 0.872 e. The van der Waals surface area contributed by atoms with Crippen molar-refractivity contribution in [2.45, 2.75) is 134 Å². The fraction of sp³-hybridized carbons (Fsp3) is 0.703. The van der Waals surface area contributed by atoms with Gasteiger partial charge in [0.15, 0.2) is 0 Å². The maximum atomic E-state index is 12.2. The molecule has 1 aromatic carbocycles. The lowest BCUT2D eigenvalue weighted by Gasteiger charge is -2.39. The van der Waals surface area contributed by atoms with Gasteiger partial charge in [0.05, 0.1) is 23.7 Å². The number of aliphatic hydroxyl groups excluding tert-OH is 2. The van der Waals surface area contributed by atoms with Gasteiger partial charge in [-0.15, -0.1) is 5.75 Å². The molecule has 0 bridgehead atoms. The monoisotopic (exact) mass is 627 g/mol. The Bertz CT molecular complexity index is 1120. The number of benzene rings is 1. The molecule has 1 fully saturated rings. The van der Waals surface area contributed by atoms with Gasteiger partial charge in [0, 0.05) is 23.9 Å². The molecule has 0 radical (unpaired) electrons. The average molecular weight is 628 g/mol. The van der Waals surface area contributed by atoms with Crippen LogP contribution in [0.5, 0.6) is 5.75 Å². The molecule has 1 aliphatic carbocycles. The standard InChI is InChI=1S/C37H60N2O6/c1-3-4-5-6-9-16-31(40)17-10-7-8-11-19-33(36(43)44)35(42)25-29(26-38-2)37(45)22-13-15-28(37)24-30-20-21-34(39-30)27-14-12-18-32(41)23-27/h12,14,18,20-21,23,28-29,31,33,35,38-42,45H,3-11,13,15-17,19,22,24-26H2,1-2H3,(H,43,44)/p-1. The van der Waals surface area contributed by atoms with Crippen LogP contribution in [0.1, 0.15) is 115 Å². The third-order valence-corrected chi connectivity index (χ3v) is 10.1. The molecule has 0 saturated heterocycles. The summed E-state index contributed by atoms with van der Waals surface area (Å²) in [5.41, 5.74) is 1.66. The lowest BCUT2D eigenvalue weighted by molar-refractivity contribution is -0.268. The summed E-state index contributed by atoms with van der Waals surface area (Å²) in [7, 11) is 1.83. The molecule has 0 spiro atoms. The number of aromatic nitrogens is 1. The first-order chi connectivity index (χ1) is 21.7. The Morgan fingerprint density at radius 1 is 1.02 bits per heavy atom. The molecule has 254 valence electrons. The van der Waals surface area contributed by atoms with Gasteiger partial charge in [-0.2, -0.15) is 0 Å². The van der Waals surface area contributed by atoms with Crippen LogP contribution in [0.4, 0.5) is 0 Å². The number of hydrogen-bond acceptors (Lipinski definition) is 6. The van der Waals surface area contributed by atoms with E-state index in [1.54, 1.807) is 12.1 Å². The van der Waals surface area contributed by atoms with Gasteiger partial charge >= 0.3 is 5.97 Å². The SMILES string of the molecule is CCCCCCCC(O)CCCCCCC(C(=O)O)C(O)CC(CNC)C1(O)CCCC1Cc1ccc(-c2cccc([O-])c2)[nH]1. The fourth-order valence-electron chi connectivity index (χ4n) is 7.43. The van der Waals surface area contributed by atoms with E-state index in [1.165, 1.54) is 31.7 Å². The van der Waals surface area contributed by atoms with E-state index in [1.807, 2.05) is 25.2 Å². The number of rotatable bonds is 23. The van der Waals surface area contributed by atoms with Crippen molar-refractivity contribution in [3.8, 4) is 17.0 Å². The Morgan fingerprint density at radius 2 is 1.71 bits per heavy atom. The predicted molar refractivity (Wildman–Crippen MR) is 178 cm³/mol. The number of nitrogens with one attached hydrogen (secondary N) is 2. The van der Waals surface area contributed by atoms with Crippen LogP contribution < -0.4 is 10.4 Å². The minimum Gasteiger partial charge on any atom is -0.872 e. The maximum Gasteiger partial charge on any atom is 0.309 e. The Labute approximate surface area is 270 Å². The summed E-state index contributed by atoms with van der Waals surface area (Å²) in [6, 6.07) is 10.7. The number of H-pyrrole nitrogens is 1. The molecule has 6 atom stereocenters. The van der Waals surface area contributed by atoms with Gasteiger partial charge in [0.1, 0.15) is 0 Å². The highest BCUT2D eigenvalue weighted by Crippen LogP contribution is 2.45. The van der Waals surface area contributed by atoms with E-state index in [0.717, 1.165) is 74.7 Å². The molecule has 45 heavy (non-hydrogen) atoms. The Kier molecular flexibility index (Phi) is 15.9. The first-order valence-corrected chi connectivity index (χ1v) is 17.6. The number of aromatic amines is 1. The van der Waals surface area contributed by atoms with Crippen LogP contribution in [0.2, 0.25) is 0 Å². The summed E-state index contributed by atoms with van der Waals surface area (Å²) in [5.74, 6) is -2.22. The second kappa shape index (κ2) is 19.3. The Balaban J connectivity index is 1.50. The molecule has 1 aromatic heterocycles. The van der Waals surface area contributed by atoms with Crippen molar-refractivity contribution >= 4 is 5.97 Å². The van der Waals surface area contributed by atoms with Crippen LogP contribution in [-0.4, -0.2) is 62.8 Å². The van der Waals surface area contributed by atoms with Crippen LogP contribution in [0.15, 0.2) is 36.4 Å². The normalized spacial score (nSPS) is 21.0. The number of aliphatic hydroxyl groups is 3. The number of unbranched alkanes of at least 4 members (excludes halogenated alkanes) is 7. The summed E-state index contributed by atoms with van der Waals surface area (Å²) >= 11 is 0. The summed E-state index contributed by atoms with van der Waals surface area (Å²) in [6.07, 6.45) is 13.4. The maximum absolute atomic E-state index is 12.2. The van der Waals surface area contributed by atoms with Crippen LogP contribution in [0.25, 0.3) is 11.3 Å². The minimum absolute atomic E-state index is 0.0321. The predicted octanol–water partition coefficient (Wildman–Crippen LogP) is 6.18. The molecule has 8 nitrogen and oxygen atoms in total. The highest BCUT2D eigenvalue weighted by atomic mass is 16.4. The van der Waals surface area contributed by atoms with Gasteiger partial charge in [-0.05, 0) is 75.6 Å². The van der Waals surface area contributed by atoms with Gasteiger partial charge in [-0.3, -0.25) is 4.79 Å². The van der Waals surface area contributed by atoms with Crippen LogP contribution >= 0.6 is 0 Å². The van der Waals surface area contributed by atoms with E-state index in [0.29, 0.717) is 25.8 Å². The molecule has 0 amide bonds. The number of aliphatic carboxylic acids is 1. The summed E-state index contributed by atoms with van der Waals surface area (Å²) in [6.45, 7) is 2.69. The fourth-order valence-corrected chi connectivity index (χ4v) is 7.43. The summed E-state index contributed by atoms with van der Waals surface area (Å²) in [4.78, 5) is 15.6. The number of carboxylic acid groups (broad SMARTS) is 1. The lowest BCUT2D eigenvalue weighted by atomic mass is 9.73. The molecule has 1 heterocycles. The van der Waals surface area contributed by atoms with Crippen molar-refractivity contribution < 1.29 is 30.3 Å². The van der Waals surface area contributed by atoms with E-state index in [2.05, 4.69) is 17.2 Å². The van der Waals surface area contributed by atoms with Crippen molar-refractivity contribution in [2.75, 3.05) is 13.6 Å². The molecular weight excluding hydrogens is 568 g/mol. The smallest absolute Gasteiger partial charge is 0.309 e. The zero-order chi connectivity index (χ0) is 32.7. The minimum atomic E-state index is -1.04. The third-order valence-electron chi connectivity index (χ3n) is 10.1. The first-order valence-electron chi connectivity index (χ1n) is 17.6. The number of hydrogen-bond donors (Lipinski definition) is 6. The molecule has 6 N–H and O–H groups in total. The van der Waals surface area contributed by atoms with E-state index in [4.69, 9.17) is 0 Å². The molecule has 8 heteroatoms. The van der Waals surface area contributed by atoms with E-state index in [9.17, 15) is 30.3 Å². The highest BCUT2D eigenvalue weighted by molar-refractivity contribution is 5.70.